The van der Waals surface area contributed by atoms with Gasteiger partial charge in [0.15, 0.2) is 0 Å². The molecule has 0 radical (unpaired) electrons. The lowest BCUT2D eigenvalue weighted by Gasteiger charge is -2.05. The van der Waals surface area contributed by atoms with Crippen molar-refractivity contribution in [1.82, 2.24) is 14.8 Å². The zero-order valence-electron chi connectivity index (χ0n) is 11.3. The summed E-state index contributed by atoms with van der Waals surface area (Å²) in [7, 11) is 1.71. The molecule has 0 atom stereocenters. The second-order valence-corrected chi connectivity index (χ2v) is 4.25. The molecule has 1 amide bonds. The Morgan fingerprint density at radius 3 is 2.90 bits per heavy atom. The summed E-state index contributed by atoms with van der Waals surface area (Å²) in [5.41, 5.74) is 7.59. The number of aromatic nitrogens is 3. The van der Waals surface area contributed by atoms with E-state index < -0.39 is 0 Å². The summed E-state index contributed by atoms with van der Waals surface area (Å²) < 4.78 is 1.49. The van der Waals surface area contributed by atoms with Crippen molar-refractivity contribution in [3.63, 3.8) is 0 Å². The first-order valence-electron chi connectivity index (χ1n) is 6.06. The largest absolute Gasteiger partial charge is 0.320 e. The zero-order valence-corrected chi connectivity index (χ0v) is 11.3. The monoisotopic (exact) mass is 269 g/mol. The van der Waals surface area contributed by atoms with E-state index in [0.29, 0.717) is 11.5 Å². The Bertz CT molecular complexity index is 693. The van der Waals surface area contributed by atoms with E-state index in [1.807, 2.05) is 13.0 Å². The highest BCUT2D eigenvalue weighted by molar-refractivity contribution is 6.03. The van der Waals surface area contributed by atoms with Crippen molar-refractivity contribution in [2.45, 2.75) is 6.92 Å². The fourth-order valence-electron chi connectivity index (χ4n) is 1.72. The molecule has 1 aromatic carbocycles. The lowest BCUT2D eigenvalue weighted by Crippen LogP contribution is -2.15. The third kappa shape index (κ3) is 3.22. The van der Waals surface area contributed by atoms with Crippen molar-refractivity contribution in [2.24, 2.45) is 12.8 Å². The smallest absolute Gasteiger partial charge is 0.258 e. The zero-order chi connectivity index (χ0) is 14.5. The highest BCUT2D eigenvalue weighted by Gasteiger charge is 2.10. The molecule has 2 aromatic rings. The van der Waals surface area contributed by atoms with Crippen LogP contribution in [-0.2, 0) is 7.05 Å². The molecule has 0 aliphatic heterocycles. The molecule has 0 spiro atoms. The maximum Gasteiger partial charge on any atom is 0.258 e. The molecule has 0 fully saturated rings. The minimum atomic E-state index is -0.249. The molecule has 6 nitrogen and oxygen atoms in total. The number of rotatable bonds is 2. The molecule has 0 unspecified atom stereocenters. The van der Waals surface area contributed by atoms with Gasteiger partial charge in [-0.2, -0.15) is 10.1 Å². The van der Waals surface area contributed by atoms with Crippen LogP contribution in [0.4, 0.5) is 5.95 Å². The summed E-state index contributed by atoms with van der Waals surface area (Å²) in [4.78, 5) is 16.1. The van der Waals surface area contributed by atoms with Crippen molar-refractivity contribution in [3.8, 4) is 11.8 Å². The van der Waals surface area contributed by atoms with Gasteiger partial charge in [-0.1, -0.05) is 11.8 Å². The third-order valence-corrected chi connectivity index (χ3v) is 2.61. The first-order chi connectivity index (χ1) is 9.60. The van der Waals surface area contributed by atoms with Crippen LogP contribution in [0.25, 0.3) is 0 Å². The lowest BCUT2D eigenvalue weighted by atomic mass is 10.1. The number of amides is 1. The van der Waals surface area contributed by atoms with Crippen molar-refractivity contribution in [1.29, 1.82) is 0 Å². The summed E-state index contributed by atoms with van der Waals surface area (Å²) >= 11 is 0. The molecule has 0 bridgehead atoms. The maximum absolute atomic E-state index is 12.2. The van der Waals surface area contributed by atoms with Crippen LogP contribution >= 0.6 is 0 Å². The van der Waals surface area contributed by atoms with E-state index in [4.69, 9.17) is 5.73 Å². The van der Waals surface area contributed by atoms with Crippen LogP contribution in [0.15, 0.2) is 24.5 Å². The number of nitrogens with two attached hydrogens (primary N) is 1. The number of carbonyl (C=O) groups excluding carboxylic acids is 1. The summed E-state index contributed by atoms with van der Waals surface area (Å²) in [5.74, 6) is 5.84. The first-order valence-corrected chi connectivity index (χ1v) is 6.06. The molecule has 2 rings (SSSR count). The van der Waals surface area contributed by atoms with Crippen LogP contribution in [0.1, 0.15) is 21.5 Å². The number of aryl methyl sites for hydroxylation is 2. The van der Waals surface area contributed by atoms with Crippen LogP contribution in [0.2, 0.25) is 0 Å². The fraction of sp³-hybridized carbons (Fsp3) is 0.214. The summed E-state index contributed by atoms with van der Waals surface area (Å²) in [6.07, 6.45) is 1.38. The van der Waals surface area contributed by atoms with Crippen LogP contribution < -0.4 is 11.1 Å². The molecule has 20 heavy (non-hydrogen) atoms. The third-order valence-electron chi connectivity index (χ3n) is 2.61. The highest BCUT2D eigenvalue weighted by Crippen LogP contribution is 2.11. The number of anilines is 1. The number of benzene rings is 1. The number of carbonyl (C=O) groups is 1. The predicted octanol–water partition coefficient (Wildman–Crippen LogP) is 0.686. The van der Waals surface area contributed by atoms with E-state index in [1.165, 1.54) is 11.0 Å². The highest BCUT2D eigenvalue weighted by atomic mass is 16.1. The molecule has 0 aliphatic rings. The average molecular weight is 269 g/mol. The topological polar surface area (TPSA) is 85.8 Å². The molecular formula is C14H15N5O. The van der Waals surface area contributed by atoms with E-state index in [2.05, 4.69) is 27.2 Å². The van der Waals surface area contributed by atoms with Crippen LogP contribution in [0, 0.1) is 18.8 Å². The van der Waals surface area contributed by atoms with Gasteiger partial charge in [-0.3, -0.25) is 10.1 Å². The first kappa shape index (κ1) is 13.8. The second-order valence-electron chi connectivity index (χ2n) is 4.25. The molecule has 102 valence electrons. The molecule has 1 aromatic heterocycles. The quantitative estimate of drug-likeness (QED) is 0.785. The van der Waals surface area contributed by atoms with Crippen LogP contribution in [0.3, 0.4) is 0 Å². The van der Waals surface area contributed by atoms with Gasteiger partial charge in [-0.25, -0.2) is 4.68 Å². The molecule has 0 saturated heterocycles. The lowest BCUT2D eigenvalue weighted by molar-refractivity contribution is 0.102. The van der Waals surface area contributed by atoms with Gasteiger partial charge in [0, 0.05) is 18.2 Å². The van der Waals surface area contributed by atoms with Crippen molar-refractivity contribution < 1.29 is 4.79 Å². The second kappa shape index (κ2) is 5.99. The Morgan fingerprint density at radius 1 is 1.45 bits per heavy atom. The minimum absolute atomic E-state index is 0.249. The van der Waals surface area contributed by atoms with Gasteiger partial charge in [0.05, 0.1) is 6.54 Å². The Labute approximate surface area is 117 Å². The van der Waals surface area contributed by atoms with Gasteiger partial charge in [-0.15, -0.1) is 0 Å². The van der Waals surface area contributed by atoms with E-state index in [9.17, 15) is 4.79 Å². The Hall–Kier alpha value is -2.65. The molecule has 3 N–H and O–H groups in total. The van der Waals surface area contributed by atoms with Crippen LogP contribution in [0.5, 0.6) is 0 Å². The number of nitrogens with zero attached hydrogens (tertiary/aromatic N) is 3. The Balaban J connectivity index is 2.25. The Kier molecular flexibility index (Phi) is 4.13. The van der Waals surface area contributed by atoms with Gasteiger partial charge < -0.3 is 5.73 Å². The number of hydrogen-bond acceptors (Lipinski definition) is 4. The SMILES string of the molecule is Cc1cc(C#CCN)cc(C(=O)Nc2ncnn2C)c1. The Morgan fingerprint density at radius 2 is 2.25 bits per heavy atom. The van der Waals surface area contributed by atoms with Crippen molar-refractivity contribution >= 4 is 11.9 Å². The normalized spacial score (nSPS) is 9.75. The predicted molar refractivity (Wildman–Crippen MR) is 76.1 cm³/mol. The van der Waals surface area contributed by atoms with E-state index in [0.717, 1.165) is 11.1 Å². The van der Waals surface area contributed by atoms with Crippen molar-refractivity contribution in [3.05, 3.63) is 41.2 Å². The van der Waals surface area contributed by atoms with E-state index in [1.54, 1.807) is 19.2 Å². The van der Waals surface area contributed by atoms with Gasteiger partial charge in [0.2, 0.25) is 5.95 Å². The van der Waals surface area contributed by atoms with Gasteiger partial charge in [0.25, 0.3) is 5.91 Å². The van der Waals surface area contributed by atoms with Gasteiger partial charge in [-0.05, 0) is 30.7 Å². The summed E-state index contributed by atoms with van der Waals surface area (Å²) in [5, 5.41) is 6.59. The van der Waals surface area contributed by atoms with Crippen molar-refractivity contribution in [2.75, 3.05) is 11.9 Å². The van der Waals surface area contributed by atoms with Crippen LogP contribution in [-0.4, -0.2) is 27.2 Å². The summed E-state index contributed by atoms with van der Waals surface area (Å²) in [6, 6.07) is 5.42. The fourth-order valence-corrected chi connectivity index (χ4v) is 1.72. The minimum Gasteiger partial charge on any atom is -0.320 e. The average Bonchev–Trinajstić information content (AvgIpc) is 2.81. The molecule has 0 aliphatic carbocycles. The summed E-state index contributed by atoms with van der Waals surface area (Å²) in [6.45, 7) is 2.20. The molecule has 0 saturated carbocycles. The maximum atomic E-state index is 12.2. The molecular weight excluding hydrogens is 254 g/mol. The van der Waals surface area contributed by atoms with Gasteiger partial charge in [0.1, 0.15) is 6.33 Å². The van der Waals surface area contributed by atoms with Gasteiger partial charge >= 0.3 is 0 Å². The molecule has 6 heteroatoms. The van der Waals surface area contributed by atoms with E-state index in [-0.39, 0.29) is 12.5 Å². The van der Waals surface area contributed by atoms with E-state index >= 15 is 0 Å². The number of nitrogens with one attached hydrogen (secondary N) is 1. The molecule has 1 heterocycles. The number of hydrogen-bond donors (Lipinski definition) is 2. The standard InChI is InChI=1S/C14H15N5O/c1-10-6-11(4-3-5-15)8-12(7-10)13(20)18-14-16-9-17-19(14)2/h6-9H,5,15H2,1-2H3,(H,16,17,18,20).